The number of ketones is 2. The maximum atomic E-state index is 12.2. The fourth-order valence-electron chi connectivity index (χ4n) is 2.67. The van der Waals surface area contributed by atoms with Gasteiger partial charge in [0.2, 0.25) is 0 Å². The molecule has 0 aliphatic rings. The summed E-state index contributed by atoms with van der Waals surface area (Å²) in [6.07, 6.45) is 3.68. The third-order valence-electron chi connectivity index (χ3n) is 4.20. The van der Waals surface area contributed by atoms with Crippen LogP contribution in [-0.2, 0) is 0 Å². The summed E-state index contributed by atoms with van der Waals surface area (Å²) in [5.74, 6) is -0.585. The van der Waals surface area contributed by atoms with Gasteiger partial charge in [-0.2, -0.15) is 0 Å². The molecule has 0 radical (unpaired) electrons. The highest BCUT2D eigenvalue weighted by molar-refractivity contribution is 6.07. The summed E-state index contributed by atoms with van der Waals surface area (Å²) >= 11 is 0. The summed E-state index contributed by atoms with van der Waals surface area (Å²) in [5, 5.41) is 25.7. The number of phenolic OH excluding ortho intramolecular Hbond substituents is 2. The average Bonchev–Trinajstić information content (AvgIpc) is 2.68. The van der Waals surface area contributed by atoms with Gasteiger partial charge >= 0.3 is 0 Å². The van der Waals surface area contributed by atoms with Gasteiger partial charge in [-0.3, -0.25) is 9.59 Å². The highest BCUT2D eigenvalue weighted by atomic mass is 16.3. The Morgan fingerprint density at radius 1 is 0.759 bits per heavy atom. The van der Waals surface area contributed by atoms with Crippen LogP contribution < -0.4 is 10.6 Å². The van der Waals surface area contributed by atoms with Gasteiger partial charge in [0, 0.05) is 36.6 Å². The molecule has 0 unspecified atom stereocenters. The van der Waals surface area contributed by atoms with E-state index >= 15 is 0 Å². The third-order valence-corrected chi connectivity index (χ3v) is 4.20. The van der Waals surface area contributed by atoms with Crippen molar-refractivity contribution in [1.29, 1.82) is 0 Å². The number of para-hydroxylation sites is 2. The number of carbonyl (C=O) groups excluding carboxylic acids is 2. The van der Waals surface area contributed by atoms with Crippen LogP contribution in [-0.4, -0.2) is 34.9 Å². The summed E-state index contributed by atoms with van der Waals surface area (Å²) < 4.78 is 0. The van der Waals surface area contributed by atoms with E-state index < -0.39 is 0 Å². The number of benzene rings is 2. The molecule has 0 aromatic heterocycles. The molecule has 0 saturated heterocycles. The van der Waals surface area contributed by atoms with Gasteiger partial charge in [-0.15, -0.1) is 0 Å². The molecule has 0 aliphatic heterocycles. The van der Waals surface area contributed by atoms with Crippen LogP contribution in [0.2, 0.25) is 0 Å². The highest BCUT2D eigenvalue weighted by Gasteiger charge is 2.08. The van der Waals surface area contributed by atoms with Crippen molar-refractivity contribution < 1.29 is 19.8 Å². The monoisotopic (exact) mass is 394 g/mol. The number of carbonyl (C=O) groups is 2. The van der Waals surface area contributed by atoms with Gasteiger partial charge in [0.05, 0.1) is 11.1 Å². The van der Waals surface area contributed by atoms with E-state index in [0.717, 1.165) is 6.42 Å². The second kappa shape index (κ2) is 10.7. The van der Waals surface area contributed by atoms with Gasteiger partial charge < -0.3 is 20.8 Å². The predicted octanol–water partition coefficient (Wildman–Crippen LogP) is 3.54. The normalized spacial score (nSPS) is 11.8. The number of aromatic hydroxyl groups is 2. The highest BCUT2D eigenvalue weighted by Crippen LogP contribution is 2.17. The van der Waals surface area contributed by atoms with Crippen molar-refractivity contribution in [2.45, 2.75) is 20.3 Å². The molecule has 2 aromatic carbocycles. The average molecular weight is 394 g/mol. The molecule has 0 bridgehead atoms. The van der Waals surface area contributed by atoms with Crippen LogP contribution in [0.1, 0.15) is 41.0 Å². The molecule has 0 spiro atoms. The smallest absolute Gasteiger partial charge is 0.191 e. The lowest BCUT2D eigenvalue weighted by Crippen LogP contribution is -2.20. The second-order valence-electron chi connectivity index (χ2n) is 6.62. The largest absolute Gasteiger partial charge is 0.507 e. The van der Waals surface area contributed by atoms with E-state index in [4.69, 9.17) is 0 Å². The van der Waals surface area contributed by atoms with Gasteiger partial charge in [0.1, 0.15) is 11.5 Å². The molecule has 0 amide bonds. The first-order valence-corrected chi connectivity index (χ1v) is 9.37. The maximum Gasteiger partial charge on any atom is 0.191 e. The molecule has 0 fully saturated rings. The van der Waals surface area contributed by atoms with Crippen LogP contribution in [0.15, 0.2) is 72.1 Å². The van der Waals surface area contributed by atoms with E-state index in [1.165, 1.54) is 24.3 Å². The van der Waals surface area contributed by atoms with Crippen molar-refractivity contribution in [3.8, 4) is 11.5 Å². The third kappa shape index (κ3) is 6.84. The van der Waals surface area contributed by atoms with E-state index in [2.05, 4.69) is 10.6 Å². The Morgan fingerprint density at radius 2 is 1.14 bits per heavy atom. The van der Waals surface area contributed by atoms with E-state index in [-0.39, 0.29) is 34.2 Å². The summed E-state index contributed by atoms with van der Waals surface area (Å²) in [5.41, 5.74) is 1.95. The van der Waals surface area contributed by atoms with Gasteiger partial charge in [-0.1, -0.05) is 24.3 Å². The first kappa shape index (κ1) is 21.8. The van der Waals surface area contributed by atoms with E-state index in [9.17, 15) is 19.8 Å². The summed E-state index contributed by atoms with van der Waals surface area (Å²) in [6.45, 7) is 4.87. The second-order valence-corrected chi connectivity index (χ2v) is 6.62. The van der Waals surface area contributed by atoms with E-state index in [1.54, 1.807) is 50.2 Å². The maximum absolute atomic E-state index is 12.2. The zero-order valence-corrected chi connectivity index (χ0v) is 16.6. The van der Waals surface area contributed by atoms with Crippen molar-refractivity contribution in [2.75, 3.05) is 13.1 Å². The minimum Gasteiger partial charge on any atom is -0.507 e. The molecule has 29 heavy (non-hydrogen) atoms. The Balaban J connectivity index is 1.75. The molecule has 6 heteroatoms. The molecular weight excluding hydrogens is 368 g/mol. The Bertz CT molecular complexity index is 856. The van der Waals surface area contributed by atoms with Crippen LogP contribution in [0.5, 0.6) is 11.5 Å². The zero-order chi connectivity index (χ0) is 21.2. The van der Waals surface area contributed by atoms with Crippen molar-refractivity contribution in [1.82, 2.24) is 10.6 Å². The van der Waals surface area contributed by atoms with Gasteiger partial charge in [0.15, 0.2) is 11.6 Å². The van der Waals surface area contributed by atoms with Gasteiger partial charge in [0.25, 0.3) is 0 Å². The lowest BCUT2D eigenvalue weighted by molar-refractivity contribution is 0.103. The van der Waals surface area contributed by atoms with Crippen molar-refractivity contribution in [3.63, 3.8) is 0 Å². The Labute approximate surface area is 170 Å². The topological polar surface area (TPSA) is 98.7 Å². The number of nitrogens with one attached hydrogen (secondary N) is 2. The number of hydrogen-bond acceptors (Lipinski definition) is 6. The molecule has 2 aromatic rings. The zero-order valence-electron chi connectivity index (χ0n) is 16.6. The van der Waals surface area contributed by atoms with Crippen LogP contribution in [0.4, 0.5) is 0 Å². The summed E-state index contributed by atoms with van der Waals surface area (Å²) in [4.78, 5) is 24.3. The number of phenols is 2. The van der Waals surface area contributed by atoms with E-state index in [0.29, 0.717) is 24.5 Å². The Hall–Kier alpha value is -3.54. The summed E-state index contributed by atoms with van der Waals surface area (Å²) in [6, 6.07) is 12.9. The number of allylic oxidation sites excluding steroid dienone is 4. The molecular formula is C23H26N2O4. The first-order chi connectivity index (χ1) is 13.9. The predicted molar refractivity (Wildman–Crippen MR) is 113 cm³/mol. The van der Waals surface area contributed by atoms with Crippen molar-refractivity contribution in [2.24, 2.45) is 0 Å². The fourth-order valence-corrected chi connectivity index (χ4v) is 2.67. The molecule has 0 aliphatic carbocycles. The SMILES string of the molecule is CC(=CC(=O)c1ccccc1O)NCCCNC(C)=CC(=O)c1ccccc1O. The van der Waals surface area contributed by atoms with Crippen LogP contribution in [0.3, 0.4) is 0 Å². The lowest BCUT2D eigenvalue weighted by Gasteiger charge is -2.09. The van der Waals surface area contributed by atoms with Crippen LogP contribution >= 0.6 is 0 Å². The molecule has 0 saturated carbocycles. The van der Waals surface area contributed by atoms with Crippen LogP contribution in [0.25, 0.3) is 0 Å². The standard InChI is InChI=1S/C23H26N2O4/c1-16(14-22(28)18-8-3-5-10-20(18)26)24-12-7-13-25-17(2)15-23(29)19-9-4-6-11-21(19)27/h3-6,8-11,14-15,24-27H,7,12-13H2,1-2H3. The van der Waals surface area contributed by atoms with Gasteiger partial charge in [-0.05, 0) is 44.5 Å². The molecule has 0 heterocycles. The minimum absolute atomic E-state index is 0.0358. The first-order valence-electron chi connectivity index (χ1n) is 9.37. The quantitative estimate of drug-likeness (QED) is 0.280. The molecule has 2 rings (SSSR count). The lowest BCUT2D eigenvalue weighted by atomic mass is 10.1. The van der Waals surface area contributed by atoms with Gasteiger partial charge in [-0.25, -0.2) is 0 Å². The number of hydrogen-bond donors (Lipinski definition) is 4. The molecule has 6 nitrogen and oxygen atoms in total. The minimum atomic E-state index is -0.257. The number of rotatable bonds is 10. The Morgan fingerprint density at radius 3 is 1.52 bits per heavy atom. The molecule has 152 valence electrons. The molecule has 0 atom stereocenters. The Kier molecular flexibility index (Phi) is 8.03. The summed E-state index contributed by atoms with van der Waals surface area (Å²) in [7, 11) is 0. The van der Waals surface area contributed by atoms with Crippen molar-refractivity contribution >= 4 is 11.6 Å². The fraction of sp³-hybridized carbons (Fsp3) is 0.217. The molecule has 4 N–H and O–H groups in total. The van der Waals surface area contributed by atoms with E-state index in [1.807, 2.05) is 0 Å². The van der Waals surface area contributed by atoms with Crippen LogP contribution in [0, 0.1) is 0 Å². The van der Waals surface area contributed by atoms with Crippen molar-refractivity contribution in [3.05, 3.63) is 83.2 Å².